The van der Waals surface area contributed by atoms with E-state index in [0.717, 1.165) is 76.0 Å². The molecule has 0 radical (unpaired) electrons. The van der Waals surface area contributed by atoms with Gasteiger partial charge in [0.1, 0.15) is 0 Å². The van der Waals surface area contributed by atoms with Gasteiger partial charge >= 0.3 is 0 Å². The van der Waals surface area contributed by atoms with Gasteiger partial charge in [0.25, 0.3) is 0 Å². The van der Waals surface area contributed by atoms with Crippen LogP contribution in [0, 0.1) is 11.3 Å². The molecule has 1 saturated carbocycles. The van der Waals surface area contributed by atoms with E-state index in [0.29, 0.717) is 12.5 Å². The summed E-state index contributed by atoms with van der Waals surface area (Å²) >= 11 is 0. The first-order chi connectivity index (χ1) is 18.6. The zero-order valence-corrected chi connectivity index (χ0v) is 23.2. The molecule has 2 saturated heterocycles. The summed E-state index contributed by atoms with van der Waals surface area (Å²) in [5.74, 6) is 0.734. The molecule has 3 heterocycles. The molecule has 39 heavy (non-hydrogen) atoms. The fourth-order valence-electron chi connectivity index (χ4n) is 6.06. The molecule has 206 valence electrons. The summed E-state index contributed by atoms with van der Waals surface area (Å²) in [7, 11) is 0. The topological polar surface area (TPSA) is 70.5 Å². The molecule has 3 fully saturated rings. The lowest BCUT2D eigenvalue weighted by atomic mass is 9.77. The van der Waals surface area contributed by atoms with Crippen molar-refractivity contribution in [2.24, 2.45) is 11.3 Å². The van der Waals surface area contributed by atoms with Crippen molar-refractivity contribution in [2.75, 3.05) is 26.2 Å². The lowest BCUT2D eigenvalue weighted by molar-refractivity contribution is -0.139. The molecule has 2 aliphatic heterocycles. The molecule has 1 aliphatic carbocycles. The number of amides is 2. The van der Waals surface area contributed by atoms with Crippen LogP contribution in [0.15, 0.2) is 73.1 Å². The van der Waals surface area contributed by atoms with Crippen molar-refractivity contribution in [2.45, 2.75) is 51.1 Å². The standard InChI is InChI=1S/C31H37N5O2.ClH/c37-29(26-9-10-26)33-28(25-5-2-1-3-6-25)13-19-34-20-14-31(15-21-34)16-22-35(30(31)38)23-24-7-11-27(12-8-24)36-18-4-17-32-36;/h1-8,11-12,17-18,26,28H,9-10,13-16,19-23H2,(H,33,37);1H/t28-;/m0./s1. The Morgan fingerprint density at radius 2 is 1.69 bits per heavy atom. The third kappa shape index (κ3) is 6.20. The Labute approximate surface area is 237 Å². The fourth-order valence-corrected chi connectivity index (χ4v) is 6.06. The van der Waals surface area contributed by atoms with Gasteiger partial charge in [0.15, 0.2) is 0 Å². The fraction of sp³-hybridized carbons (Fsp3) is 0.452. The Balaban J connectivity index is 0.00000308. The van der Waals surface area contributed by atoms with E-state index in [1.165, 1.54) is 5.56 Å². The van der Waals surface area contributed by atoms with E-state index in [2.05, 4.69) is 56.6 Å². The Bertz CT molecular complexity index is 1240. The molecular weight excluding hydrogens is 510 g/mol. The van der Waals surface area contributed by atoms with Crippen LogP contribution in [0.1, 0.15) is 55.7 Å². The SMILES string of the molecule is Cl.O=C(N[C@@H](CCN1CCC2(CC1)CCN(Cc1ccc(-n3cccn3)cc1)C2=O)c1ccccc1)C1CC1. The first-order valence-corrected chi connectivity index (χ1v) is 14.1. The smallest absolute Gasteiger partial charge is 0.229 e. The van der Waals surface area contributed by atoms with Gasteiger partial charge in [-0.25, -0.2) is 4.68 Å². The summed E-state index contributed by atoms with van der Waals surface area (Å²) < 4.78 is 1.84. The third-order valence-corrected chi connectivity index (χ3v) is 8.69. The number of aromatic nitrogens is 2. The van der Waals surface area contributed by atoms with Gasteiger partial charge in [0.2, 0.25) is 11.8 Å². The molecule has 3 aromatic rings. The first-order valence-electron chi connectivity index (χ1n) is 14.1. The quantitative estimate of drug-likeness (QED) is 0.419. The summed E-state index contributed by atoms with van der Waals surface area (Å²) in [6.07, 6.45) is 9.43. The largest absolute Gasteiger partial charge is 0.349 e. The van der Waals surface area contributed by atoms with Crippen molar-refractivity contribution < 1.29 is 9.59 Å². The molecule has 2 aromatic carbocycles. The lowest BCUT2D eigenvalue weighted by Gasteiger charge is -2.38. The summed E-state index contributed by atoms with van der Waals surface area (Å²) in [5.41, 5.74) is 3.15. The van der Waals surface area contributed by atoms with Crippen LogP contribution in [-0.4, -0.2) is 57.6 Å². The van der Waals surface area contributed by atoms with Crippen LogP contribution in [-0.2, 0) is 16.1 Å². The normalized spacial score (nSPS) is 19.6. The summed E-state index contributed by atoms with van der Waals surface area (Å²) in [6.45, 7) is 4.32. The van der Waals surface area contributed by atoms with E-state index < -0.39 is 0 Å². The van der Waals surface area contributed by atoms with Gasteiger partial charge in [0.05, 0.1) is 17.1 Å². The minimum Gasteiger partial charge on any atom is -0.349 e. The molecular formula is C31H38ClN5O2. The molecule has 1 spiro atoms. The van der Waals surface area contributed by atoms with E-state index in [9.17, 15) is 9.59 Å². The number of carbonyl (C=O) groups excluding carboxylic acids is 2. The molecule has 2 amide bonds. The van der Waals surface area contributed by atoms with Crippen molar-refractivity contribution in [3.8, 4) is 5.69 Å². The number of benzene rings is 2. The van der Waals surface area contributed by atoms with Crippen molar-refractivity contribution in [1.82, 2.24) is 24.9 Å². The minimum absolute atomic E-state index is 0. The number of carbonyl (C=O) groups is 2. The molecule has 7 nitrogen and oxygen atoms in total. The predicted octanol–water partition coefficient (Wildman–Crippen LogP) is 4.77. The Kier molecular flexibility index (Phi) is 8.38. The minimum atomic E-state index is -0.204. The summed E-state index contributed by atoms with van der Waals surface area (Å²) in [6, 6.07) is 20.6. The Hall–Kier alpha value is -3.16. The zero-order chi connectivity index (χ0) is 26.0. The van der Waals surface area contributed by atoms with E-state index in [-0.39, 0.29) is 35.7 Å². The number of nitrogens with zero attached hydrogens (tertiary/aromatic N) is 4. The molecule has 1 N–H and O–H groups in total. The van der Waals surface area contributed by atoms with Gasteiger partial charge in [-0.15, -0.1) is 12.4 Å². The van der Waals surface area contributed by atoms with E-state index >= 15 is 0 Å². The number of rotatable bonds is 9. The molecule has 8 heteroatoms. The zero-order valence-electron chi connectivity index (χ0n) is 22.4. The van der Waals surface area contributed by atoms with Crippen LogP contribution in [0.4, 0.5) is 0 Å². The predicted molar refractivity (Wildman–Crippen MR) is 154 cm³/mol. The van der Waals surface area contributed by atoms with Crippen LogP contribution in [0.5, 0.6) is 0 Å². The second-order valence-corrected chi connectivity index (χ2v) is 11.3. The number of hydrogen-bond acceptors (Lipinski definition) is 4. The second-order valence-electron chi connectivity index (χ2n) is 11.3. The van der Waals surface area contributed by atoms with Gasteiger partial charge in [-0.05, 0) is 80.9 Å². The van der Waals surface area contributed by atoms with E-state index in [1.807, 2.05) is 35.1 Å². The number of hydrogen-bond donors (Lipinski definition) is 1. The van der Waals surface area contributed by atoms with Crippen molar-refractivity contribution in [3.63, 3.8) is 0 Å². The maximum atomic E-state index is 13.5. The van der Waals surface area contributed by atoms with Crippen LogP contribution in [0.3, 0.4) is 0 Å². The highest BCUT2D eigenvalue weighted by atomic mass is 35.5. The summed E-state index contributed by atoms with van der Waals surface area (Å²) in [5, 5.41) is 7.58. The Morgan fingerprint density at radius 3 is 2.36 bits per heavy atom. The number of halogens is 1. The van der Waals surface area contributed by atoms with E-state index in [1.54, 1.807) is 6.20 Å². The number of likely N-dealkylation sites (tertiary alicyclic amines) is 2. The van der Waals surface area contributed by atoms with Crippen molar-refractivity contribution >= 4 is 24.2 Å². The van der Waals surface area contributed by atoms with Gasteiger partial charge in [-0.3, -0.25) is 9.59 Å². The van der Waals surface area contributed by atoms with Crippen LogP contribution < -0.4 is 5.32 Å². The number of nitrogens with one attached hydrogen (secondary N) is 1. The van der Waals surface area contributed by atoms with Gasteiger partial charge in [-0.1, -0.05) is 42.5 Å². The third-order valence-electron chi connectivity index (χ3n) is 8.69. The summed E-state index contributed by atoms with van der Waals surface area (Å²) in [4.78, 5) is 30.6. The highest BCUT2D eigenvalue weighted by Gasteiger charge is 2.47. The Morgan fingerprint density at radius 1 is 0.974 bits per heavy atom. The van der Waals surface area contributed by atoms with Crippen LogP contribution in [0.25, 0.3) is 5.69 Å². The molecule has 0 unspecified atom stereocenters. The maximum absolute atomic E-state index is 13.5. The first kappa shape index (κ1) is 27.4. The molecule has 1 atom stereocenters. The van der Waals surface area contributed by atoms with Gasteiger partial charge in [0, 0.05) is 37.9 Å². The highest BCUT2D eigenvalue weighted by Crippen LogP contribution is 2.42. The maximum Gasteiger partial charge on any atom is 0.229 e. The lowest BCUT2D eigenvalue weighted by Crippen LogP contribution is -2.45. The monoisotopic (exact) mass is 547 g/mol. The molecule has 0 bridgehead atoms. The molecule has 6 rings (SSSR count). The highest BCUT2D eigenvalue weighted by molar-refractivity contribution is 5.85. The average molecular weight is 548 g/mol. The van der Waals surface area contributed by atoms with Crippen LogP contribution in [0.2, 0.25) is 0 Å². The number of piperidine rings is 1. The molecule has 1 aromatic heterocycles. The van der Waals surface area contributed by atoms with Crippen molar-refractivity contribution in [3.05, 3.63) is 84.2 Å². The van der Waals surface area contributed by atoms with Crippen LogP contribution >= 0.6 is 12.4 Å². The molecule has 3 aliphatic rings. The van der Waals surface area contributed by atoms with E-state index in [4.69, 9.17) is 0 Å². The average Bonchev–Trinajstić information content (AvgIpc) is 3.60. The van der Waals surface area contributed by atoms with Gasteiger partial charge in [-0.2, -0.15) is 5.10 Å². The van der Waals surface area contributed by atoms with Gasteiger partial charge < -0.3 is 15.1 Å². The van der Waals surface area contributed by atoms with Crippen molar-refractivity contribution in [1.29, 1.82) is 0 Å². The second kappa shape index (κ2) is 11.9.